The van der Waals surface area contributed by atoms with Crippen LogP contribution in [0.1, 0.15) is 39.2 Å². The summed E-state index contributed by atoms with van der Waals surface area (Å²) in [6, 6.07) is 8.43. The van der Waals surface area contributed by atoms with E-state index in [1.807, 2.05) is 0 Å². The second-order valence-corrected chi connectivity index (χ2v) is 5.88. The Labute approximate surface area is 122 Å². The highest BCUT2D eigenvalue weighted by Gasteiger charge is 2.27. The van der Waals surface area contributed by atoms with Gasteiger partial charge in [-0.15, -0.1) is 0 Å². The van der Waals surface area contributed by atoms with Crippen molar-refractivity contribution in [1.82, 2.24) is 9.88 Å². The summed E-state index contributed by atoms with van der Waals surface area (Å²) in [4.78, 5) is 5.75. The quantitative estimate of drug-likeness (QED) is 0.758. The van der Waals surface area contributed by atoms with E-state index in [4.69, 9.17) is 5.73 Å². The molecule has 0 fully saturated rings. The molecule has 0 amide bonds. The zero-order valence-electron chi connectivity index (χ0n) is 12.9. The molecule has 1 aromatic carbocycles. The number of hydrogen-bond acceptors (Lipinski definition) is 2. The van der Waals surface area contributed by atoms with Crippen molar-refractivity contribution in [2.24, 2.45) is 5.73 Å². The van der Waals surface area contributed by atoms with Crippen LogP contribution in [0.3, 0.4) is 0 Å². The van der Waals surface area contributed by atoms with Gasteiger partial charge in [0.05, 0.1) is 5.66 Å². The minimum Gasteiger partial charge on any atom is -0.361 e. The van der Waals surface area contributed by atoms with Gasteiger partial charge < -0.3 is 10.7 Å². The molecule has 110 valence electrons. The molecule has 20 heavy (non-hydrogen) atoms. The van der Waals surface area contributed by atoms with E-state index in [-0.39, 0.29) is 5.66 Å². The lowest BCUT2D eigenvalue weighted by Crippen LogP contribution is -2.55. The summed E-state index contributed by atoms with van der Waals surface area (Å²) in [7, 11) is 0. The van der Waals surface area contributed by atoms with E-state index in [1.165, 1.54) is 16.5 Å². The van der Waals surface area contributed by atoms with Gasteiger partial charge in [0.15, 0.2) is 0 Å². The normalized spacial score (nSPS) is 14.8. The second-order valence-electron chi connectivity index (χ2n) is 5.88. The van der Waals surface area contributed by atoms with Crippen molar-refractivity contribution < 1.29 is 0 Å². The lowest BCUT2D eigenvalue weighted by atomic mass is 9.99. The van der Waals surface area contributed by atoms with Crippen molar-refractivity contribution in [3.05, 3.63) is 36.0 Å². The number of hydrogen-bond donors (Lipinski definition) is 2. The third-order valence-electron chi connectivity index (χ3n) is 3.93. The molecule has 3 heteroatoms. The highest BCUT2D eigenvalue weighted by atomic mass is 15.3. The summed E-state index contributed by atoms with van der Waals surface area (Å²) < 4.78 is 0. The Balaban J connectivity index is 2.21. The molecular weight excluding hydrogens is 246 g/mol. The highest BCUT2D eigenvalue weighted by molar-refractivity contribution is 5.83. The fourth-order valence-electron chi connectivity index (χ4n) is 2.94. The predicted octanol–water partition coefficient (Wildman–Crippen LogP) is 3.51. The molecular formula is C17H27N3. The van der Waals surface area contributed by atoms with Crippen LogP contribution in [0.15, 0.2) is 30.5 Å². The molecule has 0 aliphatic heterocycles. The van der Waals surface area contributed by atoms with Gasteiger partial charge in [-0.2, -0.15) is 0 Å². The first-order chi connectivity index (χ1) is 9.58. The second kappa shape index (κ2) is 6.42. The minimum absolute atomic E-state index is 0.295. The van der Waals surface area contributed by atoms with Crippen molar-refractivity contribution in [1.29, 1.82) is 0 Å². The Morgan fingerprint density at radius 3 is 2.45 bits per heavy atom. The van der Waals surface area contributed by atoms with Crippen molar-refractivity contribution in [3.63, 3.8) is 0 Å². The first-order valence-electron chi connectivity index (χ1n) is 7.67. The van der Waals surface area contributed by atoms with Crippen molar-refractivity contribution >= 4 is 10.9 Å². The van der Waals surface area contributed by atoms with Gasteiger partial charge in [0.25, 0.3) is 0 Å². The monoisotopic (exact) mass is 273 g/mol. The molecule has 1 atom stereocenters. The van der Waals surface area contributed by atoms with E-state index in [9.17, 15) is 0 Å². The summed E-state index contributed by atoms with van der Waals surface area (Å²) in [5.41, 5.74) is 8.83. The standard InChI is InChI=1S/C17H27N3/c1-4-10-20(11-5-2)17(3,18)12-14-13-19-16-9-7-6-8-15(14)16/h6-9,13,19H,4-5,10-12,18H2,1-3H3. The fourth-order valence-corrected chi connectivity index (χ4v) is 2.94. The third-order valence-corrected chi connectivity index (χ3v) is 3.93. The Bertz CT molecular complexity index is 536. The van der Waals surface area contributed by atoms with Gasteiger partial charge in [-0.1, -0.05) is 32.0 Å². The number of nitrogens with one attached hydrogen (secondary N) is 1. The van der Waals surface area contributed by atoms with Gasteiger partial charge in [-0.05, 0) is 44.5 Å². The topological polar surface area (TPSA) is 45.0 Å². The van der Waals surface area contributed by atoms with E-state index in [1.54, 1.807) is 0 Å². The highest BCUT2D eigenvalue weighted by Crippen LogP contribution is 2.23. The smallest absolute Gasteiger partial charge is 0.0700 e. The average molecular weight is 273 g/mol. The van der Waals surface area contributed by atoms with E-state index >= 15 is 0 Å². The van der Waals surface area contributed by atoms with Crippen molar-refractivity contribution in [2.75, 3.05) is 13.1 Å². The molecule has 3 nitrogen and oxygen atoms in total. The first-order valence-corrected chi connectivity index (χ1v) is 7.67. The summed E-state index contributed by atoms with van der Waals surface area (Å²) in [5, 5.41) is 1.29. The first kappa shape index (κ1) is 15.1. The van der Waals surface area contributed by atoms with Gasteiger partial charge in [0, 0.05) is 23.5 Å². The number of nitrogens with zero attached hydrogens (tertiary/aromatic N) is 1. The summed E-state index contributed by atoms with van der Waals surface area (Å²) in [6.45, 7) is 8.70. The number of rotatable bonds is 7. The van der Waals surface area contributed by atoms with Gasteiger partial charge in [0.1, 0.15) is 0 Å². The van der Waals surface area contributed by atoms with E-state index in [2.05, 4.69) is 61.1 Å². The molecule has 0 spiro atoms. The molecule has 1 aromatic heterocycles. The average Bonchev–Trinajstić information content (AvgIpc) is 2.81. The van der Waals surface area contributed by atoms with E-state index in [0.29, 0.717) is 0 Å². The lowest BCUT2D eigenvalue weighted by molar-refractivity contribution is 0.109. The molecule has 0 saturated carbocycles. The Hall–Kier alpha value is -1.32. The number of nitrogens with two attached hydrogens (primary N) is 1. The van der Waals surface area contributed by atoms with Crippen LogP contribution >= 0.6 is 0 Å². The fraction of sp³-hybridized carbons (Fsp3) is 0.529. The lowest BCUT2D eigenvalue weighted by Gasteiger charge is -2.38. The maximum Gasteiger partial charge on any atom is 0.0700 e. The zero-order chi connectivity index (χ0) is 14.6. The Morgan fingerprint density at radius 2 is 1.80 bits per heavy atom. The number of aromatic amines is 1. The predicted molar refractivity (Wildman–Crippen MR) is 86.8 cm³/mol. The third kappa shape index (κ3) is 3.22. The van der Waals surface area contributed by atoms with Crippen LogP contribution in [0.25, 0.3) is 10.9 Å². The minimum atomic E-state index is -0.295. The molecule has 2 rings (SSSR count). The maximum atomic E-state index is 6.63. The summed E-state index contributed by atoms with van der Waals surface area (Å²) >= 11 is 0. The van der Waals surface area contributed by atoms with Crippen LogP contribution in [0, 0.1) is 0 Å². The molecule has 0 aliphatic rings. The largest absolute Gasteiger partial charge is 0.361 e. The molecule has 0 saturated heterocycles. The Kier molecular flexibility index (Phi) is 4.84. The van der Waals surface area contributed by atoms with Crippen LogP contribution in [-0.2, 0) is 6.42 Å². The number of benzene rings is 1. The van der Waals surface area contributed by atoms with Crippen LogP contribution in [0.4, 0.5) is 0 Å². The van der Waals surface area contributed by atoms with Crippen LogP contribution in [0.5, 0.6) is 0 Å². The van der Waals surface area contributed by atoms with Crippen LogP contribution in [0.2, 0.25) is 0 Å². The SMILES string of the molecule is CCCN(CCC)C(C)(N)Cc1c[nH]c2ccccc12. The van der Waals surface area contributed by atoms with Gasteiger partial charge in [-0.25, -0.2) is 0 Å². The maximum absolute atomic E-state index is 6.63. The van der Waals surface area contributed by atoms with Gasteiger partial charge >= 0.3 is 0 Å². The molecule has 0 aliphatic carbocycles. The molecule has 1 heterocycles. The number of fused-ring (bicyclic) bond motifs is 1. The van der Waals surface area contributed by atoms with Crippen molar-refractivity contribution in [3.8, 4) is 0 Å². The van der Waals surface area contributed by atoms with Crippen molar-refractivity contribution in [2.45, 2.75) is 45.7 Å². The van der Waals surface area contributed by atoms with Crippen LogP contribution in [-0.4, -0.2) is 28.6 Å². The molecule has 2 aromatic rings. The molecule has 0 radical (unpaired) electrons. The number of H-pyrrole nitrogens is 1. The van der Waals surface area contributed by atoms with E-state index < -0.39 is 0 Å². The number of aromatic nitrogens is 1. The van der Waals surface area contributed by atoms with Gasteiger partial charge in [0.2, 0.25) is 0 Å². The zero-order valence-corrected chi connectivity index (χ0v) is 12.9. The Morgan fingerprint density at radius 1 is 1.15 bits per heavy atom. The number of para-hydroxylation sites is 1. The summed E-state index contributed by atoms with van der Waals surface area (Å²) in [5.74, 6) is 0. The summed E-state index contributed by atoms with van der Waals surface area (Å²) in [6.07, 6.45) is 5.25. The van der Waals surface area contributed by atoms with E-state index in [0.717, 1.165) is 32.4 Å². The van der Waals surface area contributed by atoms with Gasteiger partial charge in [-0.3, -0.25) is 4.90 Å². The molecule has 3 N–H and O–H groups in total. The van der Waals surface area contributed by atoms with Crippen LogP contribution < -0.4 is 5.73 Å². The molecule has 0 bridgehead atoms. The molecule has 1 unspecified atom stereocenters.